The summed E-state index contributed by atoms with van der Waals surface area (Å²) in [7, 11) is 0. The van der Waals surface area contributed by atoms with E-state index in [2.05, 4.69) is 22.0 Å². The van der Waals surface area contributed by atoms with Crippen molar-refractivity contribution in [2.45, 2.75) is 6.92 Å². The van der Waals surface area contributed by atoms with Gasteiger partial charge in [-0.2, -0.15) is 5.26 Å². The topological polar surface area (TPSA) is 61.2 Å². The lowest BCUT2D eigenvalue weighted by Gasteiger charge is -2.16. The first-order valence-electron chi connectivity index (χ1n) is 6.22. The van der Waals surface area contributed by atoms with Crippen molar-refractivity contribution in [2.24, 2.45) is 0 Å². The number of nitriles is 1. The standard InChI is InChI=1S/C16H9BrN2O2/c1-9-3-2-4-14(13(9)8-18)19-15(20)11-6-5-10(17)7-12(11)16(19)21/h2-7H,1H3. The average Bonchev–Trinajstić information content (AvgIpc) is 2.70. The van der Waals surface area contributed by atoms with Gasteiger partial charge < -0.3 is 0 Å². The number of halogens is 1. The molecule has 0 bridgehead atoms. The van der Waals surface area contributed by atoms with Gasteiger partial charge in [0, 0.05) is 4.47 Å². The molecule has 0 unspecified atom stereocenters. The second kappa shape index (κ2) is 4.83. The SMILES string of the molecule is Cc1cccc(N2C(=O)c3ccc(Br)cc3C2=O)c1C#N. The van der Waals surface area contributed by atoms with Crippen LogP contribution in [-0.4, -0.2) is 11.8 Å². The predicted octanol–water partition coefficient (Wildman–Crippen LogP) is 3.43. The summed E-state index contributed by atoms with van der Waals surface area (Å²) in [6.45, 7) is 1.77. The van der Waals surface area contributed by atoms with Gasteiger partial charge in [0.1, 0.15) is 6.07 Å². The number of imide groups is 1. The van der Waals surface area contributed by atoms with Crippen LogP contribution in [0.2, 0.25) is 0 Å². The van der Waals surface area contributed by atoms with E-state index in [1.165, 1.54) is 0 Å². The smallest absolute Gasteiger partial charge is 0.266 e. The van der Waals surface area contributed by atoms with Crippen LogP contribution in [0.15, 0.2) is 40.9 Å². The highest BCUT2D eigenvalue weighted by atomic mass is 79.9. The Labute approximate surface area is 129 Å². The lowest BCUT2D eigenvalue weighted by molar-refractivity contribution is 0.0926. The summed E-state index contributed by atoms with van der Waals surface area (Å²) < 4.78 is 0.731. The Balaban J connectivity index is 2.20. The minimum atomic E-state index is -0.404. The summed E-state index contributed by atoms with van der Waals surface area (Å²) in [5, 5.41) is 9.29. The fourth-order valence-corrected chi connectivity index (χ4v) is 2.78. The number of benzene rings is 2. The van der Waals surface area contributed by atoms with E-state index in [1.54, 1.807) is 43.3 Å². The van der Waals surface area contributed by atoms with Gasteiger partial charge in [-0.3, -0.25) is 9.59 Å². The molecule has 102 valence electrons. The number of aryl methyl sites for hydroxylation is 1. The maximum absolute atomic E-state index is 12.5. The van der Waals surface area contributed by atoms with Crippen LogP contribution in [0.5, 0.6) is 0 Å². The zero-order chi connectivity index (χ0) is 15.1. The van der Waals surface area contributed by atoms with Crippen LogP contribution in [0.4, 0.5) is 5.69 Å². The predicted molar refractivity (Wildman–Crippen MR) is 81.2 cm³/mol. The van der Waals surface area contributed by atoms with Gasteiger partial charge in [-0.1, -0.05) is 28.1 Å². The molecular weight excluding hydrogens is 332 g/mol. The summed E-state index contributed by atoms with van der Waals surface area (Å²) >= 11 is 3.29. The number of carbonyl (C=O) groups excluding carboxylic acids is 2. The van der Waals surface area contributed by atoms with Gasteiger partial charge in [-0.05, 0) is 36.8 Å². The fourth-order valence-electron chi connectivity index (χ4n) is 2.42. The Hall–Kier alpha value is -2.45. The summed E-state index contributed by atoms with van der Waals surface area (Å²) in [5.74, 6) is -0.803. The second-order valence-electron chi connectivity index (χ2n) is 4.72. The lowest BCUT2D eigenvalue weighted by atomic mass is 10.1. The zero-order valence-electron chi connectivity index (χ0n) is 11.1. The lowest BCUT2D eigenvalue weighted by Crippen LogP contribution is -2.30. The van der Waals surface area contributed by atoms with Crippen molar-refractivity contribution in [3.8, 4) is 6.07 Å². The Kier molecular flexibility index (Phi) is 3.11. The van der Waals surface area contributed by atoms with Crippen LogP contribution < -0.4 is 4.90 Å². The zero-order valence-corrected chi connectivity index (χ0v) is 12.6. The Morgan fingerprint density at radius 2 is 1.81 bits per heavy atom. The highest BCUT2D eigenvalue weighted by molar-refractivity contribution is 9.10. The Bertz CT molecular complexity index is 837. The van der Waals surface area contributed by atoms with Crippen molar-refractivity contribution in [1.29, 1.82) is 5.26 Å². The van der Waals surface area contributed by atoms with Gasteiger partial charge in [0.25, 0.3) is 11.8 Å². The number of amides is 2. The van der Waals surface area contributed by atoms with Crippen LogP contribution >= 0.6 is 15.9 Å². The number of carbonyl (C=O) groups is 2. The molecule has 0 spiro atoms. The molecule has 1 aliphatic rings. The number of fused-ring (bicyclic) bond motifs is 1. The molecule has 0 aliphatic carbocycles. The molecule has 1 heterocycles. The van der Waals surface area contributed by atoms with E-state index in [0.29, 0.717) is 22.4 Å². The van der Waals surface area contributed by atoms with Crippen molar-refractivity contribution in [1.82, 2.24) is 0 Å². The molecule has 0 fully saturated rings. The van der Waals surface area contributed by atoms with Crippen molar-refractivity contribution in [3.63, 3.8) is 0 Å². The molecule has 0 saturated heterocycles. The molecule has 0 aromatic heterocycles. The van der Waals surface area contributed by atoms with E-state index >= 15 is 0 Å². The summed E-state index contributed by atoms with van der Waals surface area (Å²) in [6.07, 6.45) is 0. The molecule has 3 rings (SSSR count). The fraction of sp³-hybridized carbons (Fsp3) is 0.0625. The molecule has 5 heteroatoms. The summed E-state index contributed by atoms with van der Waals surface area (Å²) in [6, 6.07) is 12.1. The van der Waals surface area contributed by atoms with E-state index < -0.39 is 11.8 Å². The number of hydrogen-bond donors (Lipinski definition) is 0. The van der Waals surface area contributed by atoms with Crippen molar-refractivity contribution >= 4 is 33.4 Å². The third-order valence-corrected chi connectivity index (χ3v) is 3.95. The normalized spacial score (nSPS) is 13.3. The van der Waals surface area contributed by atoms with Gasteiger partial charge in [0.15, 0.2) is 0 Å². The molecule has 2 aromatic rings. The van der Waals surface area contributed by atoms with Crippen LogP contribution in [0.3, 0.4) is 0 Å². The molecule has 0 saturated carbocycles. The van der Waals surface area contributed by atoms with E-state index in [0.717, 1.165) is 14.9 Å². The van der Waals surface area contributed by atoms with Gasteiger partial charge in [-0.15, -0.1) is 0 Å². The number of rotatable bonds is 1. The third kappa shape index (κ3) is 1.96. The second-order valence-corrected chi connectivity index (χ2v) is 5.63. The van der Waals surface area contributed by atoms with E-state index in [-0.39, 0.29) is 0 Å². The summed E-state index contributed by atoms with van der Waals surface area (Å²) in [4.78, 5) is 26.1. The Morgan fingerprint density at radius 1 is 1.10 bits per heavy atom. The molecule has 1 aliphatic heterocycles. The van der Waals surface area contributed by atoms with Crippen molar-refractivity contribution < 1.29 is 9.59 Å². The molecule has 2 amide bonds. The number of anilines is 1. The molecule has 0 N–H and O–H groups in total. The van der Waals surface area contributed by atoms with Gasteiger partial charge in [0.05, 0.1) is 22.4 Å². The van der Waals surface area contributed by atoms with Crippen LogP contribution in [0.1, 0.15) is 31.8 Å². The third-order valence-electron chi connectivity index (χ3n) is 3.45. The molecule has 0 atom stereocenters. The number of hydrogen-bond acceptors (Lipinski definition) is 3. The Morgan fingerprint density at radius 3 is 2.52 bits per heavy atom. The largest absolute Gasteiger partial charge is 0.268 e. The minimum Gasteiger partial charge on any atom is -0.268 e. The highest BCUT2D eigenvalue weighted by Gasteiger charge is 2.37. The van der Waals surface area contributed by atoms with Crippen LogP contribution in [-0.2, 0) is 0 Å². The quantitative estimate of drug-likeness (QED) is 0.747. The molecule has 0 radical (unpaired) electrons. The molecule has 2 aromatic carbocycles. The monoisotopic (exact) mass is 340 g/mol. The summed E-state index contributed by atoms with van der Waals surface area (Å²) in [5.41, 5.74) is 2.10. The molecule has 21 heavy (non-hydrogen) atoms. The molecule has 4 nitrogen and oxygen atoms in total. The minimum absolute atomic E-state index is 0.333. The first-order valence-corrected chi connectivity index (χ1v) is 7.02. The van der Waals surface area contributed by atoms with E-state index in [1.807, 2.05) is 0 Å². The van der Waals surface area contributed by atoms with Crippen LogP contribution in [0.25, 0.3) is 0 Å². The first kappa shape index (κ1) is 13.5. The van der Waals surface area contributed by atoms with E-state index in [4.69, 9.17) is 0 Å². The van der Waals surface area contributed by atoms with Crippen molar-refractivity contribution in [2.75, 3.05) is 4.90 Å². The maximum Gasteiger partial charge on any atom is 0.266 e. The first-order chi connectivity index (χ1) is 10.0. The van der Waals surface area contributed by atoms with Gasteiger partial charge >= 0.3 is 0 Å². The van der Waals surface area contributed by atoms with Crippen molar-refractivity contribution in [3.05, 3.63) is 63.1 Å². The average molecular weight is 341 g/mol. The van der Waals surface area contributed by atoms with Gasteiger partial charge in [-0.25, -0.2) is 4.90 Å². The maximum atomic E-state index is 12.5. The molecular formula is C16H9BrN2O2. The number of nitrogens with zero attached hydrogens (tertiary/aromatic N) is 2. The van der Waals surface area contributed by atoms with Crippen LogP contribution in [0, 0.1) is 18.3 Å². The van der Waals surface area contributed by atoms with Gasteiger partial charge in [0.2, 0.25) is 0 Å². The highest BCUT2D eigenvalue weighted by Crippen LogP contribution is 2.32. The van der Waals surface area contributed by atoms with E-state index in [9.17, 15) is 14.9 Å².